The van der Waals surface area contributed by atoms with Crippen LogP contribution in [-0.4, -0.2) is 54.6 Å². The molecule has 1 aliphatic rings. The standard InChI is InChI=1S/C22H24Cl2N8O3/c1-4-13-10-31(8-7-25-13)21-26-18-17(20(33)30(3)22(34)29(18)2)32(21)11-16-27-28-19(35-16)12-5-6-14(23)15(24)9-12/h5-6,9,13,25H,4,7-8,10-11H2,1-3H3. The minimum atomic E-state index is -0.440. The lowest BCUT2D eigenvalue weighted by Gasteiger charge is -2.34. The van der Waals surface area contributed by atoms with Crippen molar-refractivity contribution in [2.24, 2.45) is 14.1 Å². The average molecular weight is 519 g/mol. The van der Waals surface area contributed by atoms with Crippen molar-refractivity contribution in [2.75, 3.05) is 24.5 Å². The van der Waals surface area contributed by atoms with Crippen LogP contribution in [0.15, 0.2) is 32.2 Å². The van der Waals surface area contributed by atoms with Crippen molar-refractivity contribution in [1.29, 1.82) is 0 Å². The third-order valence-corrected chi connectivity index (χ3v) is 7.02. The minimum absolute atomic E-state index is 0.105. The first-order valence-electron chi connectivity index (χ1n) is 11.2. The molecule has 3 aromatic heterocycles. The molecule has 1 N–H and O–H groups in total. The van der Waals surface area contributed by atoms with Gasteiger partial charge in [-0.05, 0) is 24.6 Å². The molecule has 0 amide bonds. The molecule has 0 aliphatic carbocycles. The summed E-state index contributed by atoms with van der Waals surface area (Å²) in [6, 6.07) is 5.33. The van der Waals surface area contributed by atoms with Crippen molar-refractivity contribution in [1.82, 2.24) is 34.2 Å². The van der Waals surface area contributed by atoms with Crippen LogP contribution in [0, 0.1) is 0 Å². The van der Waals surface area contributed by atoms with E-state index in [1.54, 1.807) is 29.8 Å². The van der Waals surface area contributed by atoms with Gasteiger partial charge in [0, 0.05) is 45.3 Å². The number of rotatable bonds is 5. The fraction of sp³-hybridized carbons (Fsp3) is 0.409. The zero-order chi connectivity index (χ0) is 24.9. The Morgan fingerprint density at radius 3 is 2.69 bits per heavy atom. The second-order valence-corrected chi connectivity index (χ2v) is 9.33. The Balaban J connectivity index is 1.62. The third kappa shape index (κ3) is 4.13. The van der Waals surface area contributed by atoms with Crippen molar-refractivity contribution < 1.29 is 4.42 Å². The first-order valence-corrected chi connectivity index (χ1v) is 12.0. The molecular weight excluding hydrogens is 495 g/mol. The minimum Gasteiger partial charge on any atom is -0.419 e. The molecule has 13 heteroatoms. The van der Waals surface area contributed by atoms with Gasteiger partial charge in [-0.15, -0.1) is 10.2 Å². The molecule has 0 spiro atoms. The lowest BCUT2D eigenvalue weighted by Crippen LogP contribution is -2.51. The number of aryl methyl sites for hydroxylation is 1. The van der Waals surface area contributed by atoms with Crippen LogP contribution in [0.25, 0.3) is 22.6 Å². The molecule has 1 aliphatic heterocycles. The van der Waals surface area contributed by atoms with Crippen molar-refractivity contribution in [3.05, 3.63) is 55.0 Å². The van der Waals surface area contributed by atoms with Gasteiger partial charge in [0.15, 0.2) is 11.2 Å². The number of aromatic nitrogens is 6. The summed E-state index contributed by atoms with van der Waals surface area (Å²) in [5.41, 5.74) is 0.354. The van der Waals surface area contributed by atoms with Crippen LogP contribution in [0.2, 0.25) is 10.0 Å². The van der Waals surface area contributed by atoms with Crippen LogP contribution in [0.1, 0.15) is 19.2 Å². The van der Waals surface area contributed by atoms with E-state index in [1.165, 1.54) is 11.6 Å². The Kier molecular flexibility index (Phi) is 6.16. The predicted octanol–water partition coefficient (Wildman–Crippen LogP) is 2.03. The average Bonchev–Trinajstić information content (AvgIpc) is 3.48. The molecule has 0 saturated carbocycles. The molecule has 4 heterocycles. The van der Waals surface area contributed by atoms with E-state index in [9.17, 15) is 9.59 Å². The van der Waals surface area contributed by atoms with Crippen molar-refractivity contribution in [3.8, 4) is 11.5 Å². The van der Waals surface area contributed by atoms with E-state index < -0.39 is 11.2 Å². The number of benzene rings is 1. The number of hydrogen-bond acceptors (Lipinski definition) is 8. The van der Waals surface area contributed by atoms with E-state index in [2.05, 4.69) is 27.3 Å². The summed E-state index contributed by atoms with van der Waals surface area (Å²) in [7, 11) is 3.06. The number of halogens is 2. The second kappa shape index (κ2) is 9.14. The largest absolute Gasteiger partial charge is 0.419 e. The smallest absolute Gasteiger partial charge is 0.332 e. The molecular formula is C22H24Cl2N8O3. The SMILES string of the molecule is CCC1CN(c2nc3c(c(=O)n(C)c(=O)n3C)n2Cc2nnc(-c3ccc(Cl)c(Cl)c3)o2)CCN1. The zero-order valence-electron chi connectivity index (χ0n) is 19.5. The topological polar surface area (TPSA) is 116 Å². The van der Waals surface area contributed by atoms with E-state index >= 15 is 0 Å². The van der Waals surface area contributed by atoms with Gasteiger partial charge in [-0.25, -0.2) is 4.79 Å². The monoisotopic (exact) mass is 518 g/mol. The van der Waals surface area contributed by atoms with Crippen molar-refractivity contribution in [3.63, 3.8) is 0 Å². The van der Waals surface area contributed by atoms with Gasteiger partial charge < -0.3 is 14.6 Å². The van der Waals surface area contributed by atoms with E-state index in [4.69, 9.17) is 32.6 Å². The molecule has 1 unspecified atom stereocenters. The van der Waals surface area contributed by atoms with Gasteiger partial charge >= 0.3 is 5.69 Å². The van der Waals surface area contributed by atoms with Crippen molar-refractivity contribution >= 4 is 40.3 Å². The molecule has 5 rings (SSSR count). The highest BCUT2D eigenvalue weighted by Gasteiger charge is 2.27. The van der Waals surface area contributed by atoms with Crippen LogP contribution >= 0.6 is 23.2 Å². The van der Waals surface area contributed by atoms with Crippen molar-refractivity contribution in [2.45, 2.75) is 25.9 Å². The molecule has 4 aromatic rings. The van der Waals surface area contributed by atoms with Gasteiger partial charge in [-0.2, -0.15) is 4.98 Å². The van der Waals surface area contributed by atoms with Gasteiger partial charge in [0.2, 0.25) is 17.7 Å². The Labute approximate surface area is 209 Å². The summed E-state index contributed by atoms with van der Waals surface area (Å²) in [4.78, 5) is 32.6. The number of piperazine rings is 1. The first-order chi connectivity index (χ1) is 16.8. The summed E-state index contributed by atoms with van der Waals surface area (Å²) >= 11 is 12.1. The van der Waals surface area contributed by atoms with E-state index in [0.717, 1.165) is 17.5 Å². The number of nitrogens with zero attached hydrogens (tertiary/aromatic N) is 7. The summed E-state index contributed by atoms with van der Waals surface area (Å²) in [6.45, 7) is 4.42. The Hall–Kier alpha value is -3.15. The maximum Gasteiger partial charge on any atom is 0.332 e. The highest BCUT2D eigenvalue weighted by molar-refractivity contribution is 6.42. The molecule has 0 radical (unpaired) electrons. The Morgan fingerprint density at radius 2 is 1.94 bits per heavy atom. The summed E-state index contributed by atoms with van der Waals surface area (Å²) in [6.07, 6.45) is 0.952. The normalized spacial score (nSPS) is 16.4. The maximum atomic E-state index is 13.2. The highest BCUT2D eigenvalue weighted by Crippen LogP contribution is 2.28. The quantitative estimate of drug-likeness (QED) is 0.426. The molecule has 184 valence electrons. The summed E-state index contributed by atoms with van der Waals surface area (Å²) < 4.78 is 10.1. The summed E-state index contributed by atoms with van der Waals surface area (Å²) in [5.74, 6) is 1.13. The number of fused-ring (bicyclic) bond motifs is 1. The van der Waals surface area contributed by atoms with Crippen LogP contribution in [-0.2, 0) is 20.6 Å². The highest BCUT2D eigenvalue weighted by atomic mass is 35.5. The molecule has 1 fully saturated rings. The first kappa shape index (κ1) is 23.6. The number of imidazole rings is 1. The van der Waals surface area contributed by atoms with E-state index in [-0.39, 0.29) is 24.4 Å². The third-order valence-electron chi connectivity index (χ3n) is 6.29. The van der Waals surface area contributed by atoms with E-state index in [1.807, 2.05) is 0 Å². The molecule has 0 bridgehead atoms. The molecule has 1 saturated heterocycles. The number of anilines is 1. The molecule has 1 atom stereocenters. The van der Waals surface area contributed by atoms with Crippen LogP contribution < -0.4 is 21.5 Å². The Morgan fingerprint density at radius 1 is 1.14 bits per heavy atom. The zero-order valence-corrected chi connectivity index (χ0v) is 21.0. The van der Waals surface area contributed by atoms with Crippen LogP contribution in [0.5, 0.6) is 0 Å². The van der Waals surface area contributed by atoms with Gasteiger partial charge in [0.1, 0.15) is 6.54 Å². The molecule has 1 aromatic carbocycles. The second-order valence-electron chi connectivity index (χ2n) is 8.51. The number of hydrogen-bond donors (Lipinski definition) is 1. The Bertz CT molecular complexity index is 1540. The molecule has 35 heavy (non-hydrogen) atoms. The van der Waals surface area contributed by atoms with Gasteiger partial charge in [-0.3, -0.25) is 18.5 Å². The van der Waals surface area contributed by atoms with Gasteiger partial charge in [0.05, 0.1) is 10.0 Å². The van der Waals surface area contributed by atoms with Gasteiger partial charge in [-0.1, -0.05) is 30.1 Å². The molecule has 11 nitrogen and oxygen atoms in total. The van der Waals surface area contributed by atoms with E-state index in [0.29, 0.717) is 45.8 Å². The lowest BCUT2D eigenvalue weighted by atomic mass is 10.2. The van der Waals surface area contributed by atoms with Gasteiger partial charge in [0.25, 0.3) is 5.56 Å². The van der Waals surface area contributed by atoms with Crippen LogP contribution in [0.3, 0.4) is 0 Å². The fourth-order valence-electron chi connectivity index (χ4n) is 4.31. The fourth-order valence-corrected chi connectivity index (χ4v) is 4.60. The number of nitrogens with one attached hydrogen (secondary N) is 1. The summed E-state index contributed by atoms with van der Waals surface area (Å²) in [5, 5.41) is 12.6. The lowest BCUT2D eigenvalue weighted by molar-refractivity contribution is 0.436. The van der Waals surface area contributed by atoms with Crippen LogP contribution in [0.4, 0.5) is 5.95 Å². The maximum absolute atomic E-state index is 13.2. The predicted molar refractivity (Wildman–Crippen MR) is 133 cm³/mol.